The van der Waals surface area contributed by atoms with Crippen molar-refractivity contribution in [3.8, 4) is 0 Å². The van der Waals surface area contributed by atoms with Gasteiger partial charge in [-0.25, -0.2) is 8.42 Å². The van der Waals surface area contributed by atoms with Gasteiger partial charge in [0.1, 0.15) is 0 Å². The quantitative estimate of drug-likeness (QED) is 0.857. The normalized spacial score (nSPS) is 37.7. The first kappa shape index (κ1) is 16.2. The second-order valence-electron chi connectivity index (χ2n) is 7.07. The van der Waals surface area contributed by atoms with E-state index < -0.39 is 9.84 Å². The Bertz CT molecular complexity index is 435. The van der Waals surface area contributed by atoms with Crippen LogP contribution in [0.5, 0.6) is 0 Å². The molecular weight excluding hydrogens is 272 g/mol. The van der Waals surface area contributed by atoms with Crippen LogP contribution in [0.2, 0.25) is 0 Å². The highest BCUT2D eigenvalue weighted by atomic mass is 32.2. The molecule has 0 aromatic heterocycles. The van der Waals surface area contributed by atoms with Crippen molar-refractivity contribution in [2.75, 3.05) is 25.1 Å². The summed E-state index contributed by atoms with van der Waals surface area (Å²) in [5.74, 6) is 1.83. The maximum Gasteiger partial charge on any atom is 0.151 e. The van der Waals surface area contributed by atoms with Crippen LogP contribution in [-0.2, 0) is 9.84 Å². The number of sulfone groups is 1. The summed E-state index contributed by atoms with van der Waals surface area (Å²) in [5.41, 5.74) is 6.21. The highest BCUT2D eigenvalue weighted by Crippen LogP contribution is 2.43. The van der Waals surface area contributed by atoms with Gasteiger partial charge in [0.05, 0.1) is 11.5 Å². The first-order valence-electron chi connectivity index (χ1n) is 7.96. The Morgan fingerprint density at radius 2 is 2.00 bits per heavy atom. The van der Waals surface area contributed by atoms with E-state index in [0.717, 1.165) is 12.8 Å². The number of hydrogen-bond donors (Lipinski definition) is 1. The predicted octanol–water partition coefficient (Wildman–Crippen LogP) is 1.65. The number of rotatable bonds is 4. The van der Waals surface area contributed by atoms with Gasteiger partial charge >= 0.3 is 0 Å². The van der Waals surface area contributed by atoms with E-state index in [4.69, 9.17) is 5.73 Å². The summed E-state index contributed by atoms with van der Waals surface area (Å²) in [4.78, 5) is 2.35. The zero-order valence-electron chi connectivity index (χ0n) is 13.1. The second-order valence-corrected chi connectivity index (χ2v) is 9.30. The summed E-state index contributed by atoms with van der Waals surface area (Å²) < 4.78 is 23.6. The zero-order valence-corrected chi connectivity index (χ0v) is 14.0. The van der Waals surface area contributed by atoms with Gasteiger partial charge in [-0.2, -0.15) is 0 Å². The number of likely N-dealkylation sites (N-methyl/N-ethyl adjacent to an activating group) is 1. The maximum absolute atomic E-state index is 11.8. The summed E-state index contributed by atoms with van der Waals surface area (Å²) in [6, 6.07) is 0.155. The van der Waals surface area contributed by atoms with Crippen LogP contribution in [0, 0.1) is 11.8 Å². The van der Waals surface area contributed by atoms with Crippen molar-refractivity contribution >= 4 is 9.84 Å². The van der Waals surface area contributed by atoms with Crippen molar-refractivity contribution in [3.63, 3.8) is 0 Å². The Morgan fingerprint density at radius 1 is 1.30 bits per heavy atom. The Labute approximate surface area is 124 Å². The third-order valence-corrected chi connectivity index (χ3v) is 7.43. The van der Waals surface area contributed by atoms with Crippen LogP contribution < -0.4 is 5.73 Å². The minimum absolute atomic E-state index is 0.00303. The molecule has 0 aromatic carbocycles. The summed E-state index contributed by atoms with van der Waals surface area (Å²) in [6.07, 6.45) is 5.59. The second kappa shape index (κ2) is 5.93. The lowest BCUT2D eigenvalue weighted by atomic mass is 9.66. The number of nitrogens with zero attached hydrogens (tertiary/aromatic N) is 1. The first-order chi connectivity index (χ1) is 9.32. The Balaban J connectivity index is 2.24. The molecule has 3 atom stereocenters. The molecule has 2 aliphatic rings. The summed E-state index contributed by atoms with van der Waals surface area (Å²) in [7, 11) is -0.724. The third kappa shape index (κ3) is 2.90. The molecule has 2 rings (SSSR count). The van der Waals surface area contributed by atoms with Gasteiger partial charge in [-0.05, 0) is 38.1 Å². The van der Waals surface area contributed by atoms with Crippen molar-refractivity contribution < 1.29 is 8.42 Å². The van der Waals surface area contributed by atoms with Gasteiger partial charge in [0.15, 0.2) is 9.84 Å². The molecule has 2 fully saturated rings. The average molecular weight is 302 g/mol. The molecule has 1 heterocycles. The van der Waals surface area contributed by atoms with Crippen LogP contribution in [0.25, 0.3) is 0 Å². The lowest BCUT2D eigenvalue weighted by Crippen LogP contribution is -2.62. The summed E-state index contributed by atoms with van der Waals surface area (Å²) in [5, 5.41) is 0. The van der Waals surface area contributed by atoms with Crippen molar-refractivity contribution in [3.05, 3.63) is 0 Å². The SMILES string of the molecule is CC(C)C1CCCCC1(CN)N(C)C1CCS(=O)(=O)C1. The van der Waals surface area contributed by atoms with Gasteiger partial charge in [0.2, 0.25) is 0 Å². The van der Waals surface area contributed by atoms with Crippen LogP contribution in [0.15, 0.2) is 0 Å². The zero-order chi connectivity index (χ0) is 15.0. The molecule has 20 heavy (non-hydrogen) atoms. The molecule has 1 aliphatic carbocycles. The molecule has 1 aliphatic heterocycles. The van der Waals surface area contributed by atoms with Crippen molar-refractivity contribution in [2.24, 2.45) is 17.6 Å². The topological polar surface area (TPSA) is 63.4 Å². The van der Waals surface area contributed by atoms with Gasteiger partial charge in [0.25, 0.3) is 0 Å². The highest BCUT2D eigenvalue weighted by molar-refractivity contribution is 7.91. The van der Waals surface area contributed by atoms with Crippen molar-refractivity contribution in [1.82, 2.24) is 4.90 Å². The Kier molecular flexibility index (Phi) is 4.82. The van der Waals surface area contributed by atoms with Crippen LogP contribution in [-0.4, -0.2) is 50.0 Å². The summed E-state index contributed by atoms with van der Waals surface area (Å²) >= 11 is 0. The van der Waals surface area contributed by atoms with E-state index in [9.17, 15) is 8.42 Å². The van der Waals surface area contributed by atoms with E-state index in [1.165, 1.54) is 19.3 Å². The standard InChI is InChI=1S/C15H30N2O2S/c1-12(2)14-6-4-5-8-15(14,11-16)17(3)13-7-9-20(18,19)10-13/h12-14H,4-11,16H2,1-3H3. The van der Waals surface area contributed by atoms with E-state index in [2.05, 4.69) is 25.8 Å². The molecule has 0 bridgehead atoms. The molecule has 118 valence electrons. The smallest absolute Gasteiger partial charge is 0.151 e. The van der Waals surface area contributed by atoms with E-state index in [1.54, 1.807) is 0 Å². The van der Waals surface area contributed by atoms with Gasteiger partial charge in [-0.15, -0.1) is 0 Å². The van der Waals surface area contributed by atoms with Crippen LogP contribution in [0.3, 0.4) is 0 Å². The van der Waals surface area contributed by atoms with Crippen LogP contribution in [0.4, 0.5) is 0 Å². The Morgan fingerprint density at radius 3 is 2.50 bits per heavy atom. The van der Waals surface area contributed by atoms with Gasteiger partial charge in [-0.1, -0.05) is 26.7 Å². The van der Waals surface area contributed by atoms with Gasteiger partial charge < -0.3 is 5.73 Å². The molecule has 5 heteroatoms. The highest BCUT2D eigenvalue weighted by Gasteiger charge is 2.47. The first-order valence-corrected chi connectivity index (χ1v) is 9.78. The predicted molar refractivity (Wildman–Crippen MR) is 83.4 cm³/mol. The molecule has 1 saturated carbocycles. The molecule has 1 saturated heterocycles. The lowest BCUT2D eigenvalue weighted by Gasteiger charge is -2.53. The molecule has 4 nitrogen and oxygen atoms in total. The molecule has 2 N–H and O–H groups in total. The number of nitrogens with two attached hydrogens (primary N) is 1. The fourth-order valence-electron chi connectivity index (χ4n) is 4.48. The minimum Gasteiger partial charge on any atom is -0.329 e. The lowest BCUT2D eigenvalue weighted by molar-refractivity contribution is -0.0171. The van der Waals surface area contributed by atoms with Crippen LogP contribution >= 0.6 is 0 Å². The van der Waals surface area contributed by atoms with Crippen molar-refractivity contribution in [1.29, 1.82) is 0 Å². The van der Waals surface area contributed by atoms with Gasteiger partial charge in [0, 0.05) is 18.1 Å². The fourth-order valence-corrected chi connectivity index (χ4v) is 6.26. The average Bonchev–Trinajstić information content (AvgIpc) is 2.77. The maximum atomic E-state index is 11.8. The Hall–Kier alpha value is -0.130. The van der Waals surface area contributed by atoms with E-state index in [0.29, 0.717) is 29.9 Å². The molecule has 3 unspecified atom stereocenters. The molecule has 0 spiro atoms. The fraction of sp³-hybridized carbons (Fsp3) is 1.00. The largest absolute Gasteiger partial charge is 0.329 e. The van der Waals surface area contributed by atoms with Gasteiger partial charge in [-0.3, -0.25) is 4.90 Å². The number of hydrogen-bond acceptors (Lipinski definition) is 4. The van der Waals surface area contributed by atoms with Crippen LogP contribution in [0.1, 0.15) is 46.0 Å². The van der Waals surface area contributed by atoms with E-state index >= 15 is 0 Å². The minimum atomic E-state index is -2.83. The van der Waals surface area contributed by atoms with E-state index in [-0.39, 0.29) is 11.6 Å². The summed E-state index contributed by atoms with van der Waals surface area (Å²) in [6.45, 7) is 5.20. The van der Waals surface area contributed by atoms with E-state index in [1.807, 2.05) is 0 Å². The monoisotopic (exact) mass is 302 g/mol. The molecular formula is C15H30N2O2S. The van der Waals surface area contributed by atoms with Crippen molar-refractivity contribution in [2.45, 2.75) is 57.5 Å². The third-order valence-electron chi connectivity index (χ3n) is 5.68. The molecule has 0 amide bonds. The molecule has 0 aromatic rings. The molecule has 0 radical (unpaired) electrons.